The van der Waals surface area contributed by atoms with Gasteiger partial charge in [-0.1, -0.05) is 0 Å². The third kappa shape index (κ3) is 6.43. The van der Waals surface area contributed by atoms with Crippen molar-refractivity contribution >= 4 is 47.2 Å². The number of ether oxygens (including phenoxy) is 1. The van der Waals surface area contributed by atoms with Gasteiger partial charge in [-0.3, -0.25) is 0 Å². The average Bonchev–Trinajstić information content (AvgIpc) is 3.16. The van der Waals surface area contributed by atoms with Crippen LogP contribution in [0.25, 0.3) is 0 Å². The molecule has 28 heavy (non-hydrogen) atoms. The van der Waals surface area contributed by atoms with Crippen molar-refractivity contribution in [3.05, 3.63) is 32.9 Å². The van der Waals surface area contributed by atoms with Crippen molar-refractivity contribution in [1.82, 2.24) is 20.6 Å². The number of thiazole rings is 1. The molecule has 0 aliphatic carbocycles. The van der Waals surface area contributed by atoms with Crippen molar-refractivity contribution < 1.29 is 13.9 Å². The van der Waals surface area contributed by atoms with Crippen molar-refractivity contribution in [1.29, 1.82) is 0 Å². The van der Waals surface area contributed by atoms with Crippen molar-refractivity contribution in [2.75, 3.05) is 13.2 Å². The van der Waals surface area contributed by atoms with Crippen LogP contribution in [0.15, 0.2) is 9.41 Å². The summed E-state index contributed by atoms with van der Waals surface area (Å²) in [5.41, 5.74) is 1.55. The maximum atomic E-state index is 12.0. The van der Waals surface area contributed by atoms with E-state index in [0.717, 1.165) is 16.5 Å². The average molecular weight is 521 g/mol. The standard InChI is InChI=1S/C18H27N5O3S.HI/c1-7-19-18(20-9-14-21-10(3)13(6)26-14)23-12(5)16-22-11(4)15(27-16)17(24)25-8-2;/h12H,7-9H2,1-6H3,(H2,19,20,23);1H. The predicted molar refractivity (Wildman–Crippen MR) is 121 cm³/mol. The molecule has 2 heterocycles. The van der Waals surface area contributed by atoms with E-state index in [1.54, 1.807) is 6.92 Å². The number of carbonyl (C=O) groups excluding carboxylic acids is 1. The molecule has 0 aliphatic rings. The van der Waals surface area contributed by atoms with Crippen LogP contribution in [0.4, 0.5) is 0 Å². The van der Waals surface area contributed by atoms with Crippen LogP contribution < -0.4 is 10.6 Å². The summed E-state index contributed by atoms with van der Waals surface area (Å²) in [4.78, 5) is 25.9. The topological polar surface area (TPSA) is 102 Å². The monoisotopic (exact) mass is 521 g/mol. The first-order valence-electron chi connectivity index (χ1n) is 8.97. The van der Waals surface area contributed by atoms with E-state index in [-0.39, 0.29) is 36.0 Å². The third-order valence-electron chi connectivity index (χ3n) is 3.79. The molecule has 0 spiro atoms. The van der Waals surface area contributed by atoms with E-state index < -0.39 is 0 Å². The Labute approximate surface area is 186 Å². The van der Waals surface area contributed by atoms with Gasteiger partial charge >= 0.3 is 5.97 Å². The van der Waals surface area contributed by atoms with Crippen molar-refractivity contribution in [3.8, 4) is 0 Å². The Morgan fingerprint density at radius 2 is 1.96 bits per heavy atom. The minimum atomic E-state index is -0.332. The normalized spacial score (nSPS) is 12.3. The highest BCUT2D eigenvalue weighted by atomic mass is 127. The number of rotatable bonds is 7. The lowest BCUT2D eigenvalue weighted by molar-refractivity contribution is 0.0531. The van der Waals surface area contributed by atoms with Gasteiger partial charge in [-0.2, -0.15) is 0 Å². The van der Waals surface area contributed by atoms with Crippen LogP contribution in [0.1, 0.15) is 64.5 Å². The number of nitrogens with zero attached hydrogens (tertiary/aromatic N) is 3. The molecule has 0 saturated heterocycles. The number of esters is 1. The van der Waals surface area contributed by atoms with E-state index in [4.69, 9.17) is 9.15 Å². The summed E-state index contributed by atoms with van der Waals surface area (Å²) in [6.07, 6.45) is 0. The molecule has 1 atom stereocenters. The quantitative estimate of drug-likeness (QED) is 0.248. The molecule has 0 aliphatic heterocycles. The van der Waals surface area contributed by atoms with Crippen molar-refractivity contribution in [3.63, 3.8) is 0 Å². The molecule has 0 bridgehead atoms. The minimum Gasteiger partial charge on any atom is -0.462 e. The van der Waals surface area contributed by atoms with Crippen LogP contribution in [-0.2, 0) is 11.3 Å². The van der Waals surface area contributed by atoms with Gasteiger partial charge in [0.05, 0.1) is 24.0 Å². The molecule has 0 aromatic carbocycles. The Balaban J connectivity index is 0.00000392. The van der Waals surface area contributed by atoms with Crippen LogP contribution in [0.3, 0.4) is 0 Å². The van der Waals surface area contributed by atoms with Gasteiger partial charge < -0.3 is 19.8 Å². The third-order valence-corrected chi connectivity index (χ3v) is 5.11. The Morgan fingerprint density at radius 1 is 1.25 bits per heavy atom. The van der Waals surface area contributed by atoms with Gasteiger partial charge in [0.25, 0.3) is 0 Å². The molecule has 0 radical (unpaired) electrons. The maximum Gasteiger partial charge on any atom is 0.350 e. The molecule has 0 fully saturated rings. The van der Waals surface area contributed by atoms with Gasteiger partial charge in [0, 0.05) is 6.54 Å². The Morgan fingerprint density at radius 3 is 2.54 bits per heavy atom. The molecule has 0 saturated carbocycles. The lowest BCUT2D eigenvalue weighted by atomic mass is 10.3. The van der Waals surface area contributed by atoms with Gasteiger partial charge in [0.15, 0.2) is 5.96 Å². The number of aromatic nitrogens is 2. The van der Waals surface area contributed by atoms with E-state index in [1.165, 1.54) is 11.3 Å². The van der Waals surface area contributed by atoms with Gasteiger partial charge in [-0.15, -0.1) is 35.3 Å². The predicted octanol–water partition coefficient (Wildman–Crippen LogP) is 3.67. The fraction of sp³-hybridized carbons (Fsp3) is 0.556. The first-order valence-corrected chi connectivity index (χ1v) is 9.79. The summed E-state index contributed by atoms with van der Waals surface area (Å²) in [6, 6.07) is -0.122. The molecule has 0 amide bonds. The summed E-state index contributed by atoms with van der Waals surface area (Å²) in [5.74, 6) is 1.67. The number of hydrogen-bond donors (Lipinski definition) is 2. The lowest BCUT2D eigenvalue weighted by Gasteiger charge is -2.15. The van der Waals surface area contributed by atoms with E-state index in [1.807, 2.05) is 34.6 Å². The number of carbonyl (C=O) groups is 1. The SMILES string of the molecule is CCNC(=NCc1nc(C)c(C)o1)NC(C)c1nc(C)c(C(=O)OCC)s1.I. The molecule has 156 valence electrons. The molecule has 2 rings (SSSR count). The number of oxazole rings is 1. The number of hydrogen-bond acceptors (Lipinski definition) is 7. The summed E-state index contributed by atoms with van der Waals surface area (Å²) in [6.45, 7) is 12.7. The fourth-order valence-corrected chi connectivity index (χ4v) is 3.29. The highest BCUT2D eigenvalue weighted by molar-refractivity contribution is 14.0. The van der Waals surface area contributed by atoms with Crippen molar-refractivity contribution in [2.45, 2.75) is 54.1 Å². The number of nitrogens with one attached hydrogen (secondary N) is 2. The summed E-state index contributed by atoms with van der Waals surface area (Å²) in [5, 5.41) is 7.29. The summed E-state index contributed by atoms with van der Waals surface area (Å²) < 4.78 is 10.6. The Bertz CT molecular complexity index is 799. The van der Waals surface area contributed by atoms with Gasteiger partial charge in [0.2, 0.25) is 5.89 Å². The highest BCUT2D eigenvalue weighted by Crippen LogP contribution is 2.24. The minimum absolute atomic E-state index is 0. The molecule has 8 nitrogen and oxygen atoms in total. The van der Waals surface area contributed by atoms with E-state index >= 15 is 0 Å². The molecule has 10 heteroatoms. The first-order chi connectivity index (χ1) is 12.8. The summed E-state index contributed by atoms with van der Waals surface area (Å²) >= 11 is 1.33. The molecular formula is C18H28IN5O3S. The zero-order valence-corrected chi connectivity index (χ0v) is 20.2. The smallest absolute Gasteiger partial charge is 0.350 e. The number of guanidine groups is 1. The molecular weight excluding hydrogens is 493 g/mol. The van der Waals surface area contributed by atoms with Crippen LogP contribution >= 0.6 is 35.3 Å². The molecule has 1 unspecified atom stereocenters. The van der Waals surface area contributed by atoms with Gasteiger partial charge in [-0.05, 0) is 41.5 Å². The number of aliphatic imine (C=N–C) groups is 1. The Kier molecular flexibility index (Phi) is 9.87. The summed E-state index contributed by atoms with van der Waals surface area (Å²) in [7, 11) is 0. The maximum absolute atomic E-state index is 12.0. The number of aryl methyl sites for hydroxylation is 3. The fourth-order valence-electron chi connectivity index (χ4n) is 2.33. The van der Waals surface area contributed by atoms with E-state index in [9.17, 15) is 4.79 Å². The van der Waals surface area contributed by atoms with Crippen LogP contribution in [-0.4, -0.2) is 35.0 Å². The van der Waals surface area contributed by atoms with Gasteiger partial charge in [-0.25, -0.2) is 19.8 Å². The lowest BCUT2D eigenvalue weighted by Crippen LogP contribution is -2.38. The second-order valence-corrected chi connectivity index (χ2v) is 7.03. The Hall–Kier alpha value is -1.69. The second-order valence-electron chi connectivity index (χ2n) is 6.00. The van der Waals surface area contributed by atoms with Crippen LogP contribution in [0, 0.1) is 20.8 Å². The highest BCUT2D eigenvalue weighted by Gasteiger charge is 2.20. The zero-order valence-electron chi connectivity index (χ0n) is 17.1. The molecule has 2 aromatic heterocycles. The van der Waals surface area contributed by atoms with E-state index in [0.29, 0.717) is 42.1 Å². The largest absolute Gasteiger partial charge is 0.462 e. The van der Waals surface area contributed by atoms with E-state index in [2.05, 4.69) is 25.6 Å². The van der Waals surface area contributed by atoms with Gasteiger partial charge in [0.1, 0.15) is 22.2 Å². The van der Waals surface area contributed by atoms with Crippen LogP contribution in [0.5, 0.6) is 0 Å². The zero-order chi connectivity index (χ0) is 20.0. The van der Waals surface area contributed by atoms with Crippen LogP contribution in [0.2, 0.25) is 0 Å². The first kappa shape index (κ1) is 24.3. The number of halogens is 1. The second kappa shape index (κ2) is 11.3. The molecule has 2 N–H and O–H groups in total. The molecule has 2 aromatic rings. The van der Waals surface area contributed by atoms with Crippen molar-refractivity contribution in [2.24, 2.45) is 4.99 Å².